The Kier molecular flexibility index (Phi) is 4.14. The van der Waals surface area contributed by atoms with Crippen LogP contribution in [0.5, 0.6) is 0 Å². The van der Waals surface area contributed by atoms with E-state index in [1.54, 1.807) is 13.0 Å². The largest absolute Gasteiger partial charge is 0.377 e. The van der Waals surface area contributed by atoms with E-state index in [9.17, 15) is 8.42 Å². The molecular weight excluding hydrogens is 266 g/mol. The van der Waals surface area contributed by atoms with E-state index in [1.807, 2.05) is 0 Å². The normalized spacial score (nSPS) is 20.9. The van der Waals surface area contributed by atoms with E-state index in [1.165, 1.54) is 18.3 Å². The number of hydrogen-bond acceptors (Lipinski definition) is 5. The van der Waals surface area contributed by atoms with Crippen molar-refractivity contribution in [3.63, 3.8) is 0 Å². The highest BCUT2D eigenvalue weighted by molar-refractivity contribution is 7.89. The Morgan fingerprint density at radius 1 is 1.63 bits per heavy atom. The van der Waals surface area contributed by atoms with Gasteiger partial charge in [0.15, 0.2) is 5.69 Å². The Morgan fingerprint density at radius 3 is 3.05 bits per heavy atom. The van der Waals surface area contributed by atoms with Crippen molar-refractivity contribution >= 4 is 10.0 Å². The van der Waals surface area contributed by atoms with Crippen molar-refractivity contribution in [1.29, 1.82) is 5.26 Å². The van der Waals surface area contributed by atoms with Crippen LogP contribution < -0.4 is 4.72 Å². The van der Waals surface area contributed by atoms with Gasteiger partial charge in [-0.2, -0.15) is 5.26 Å². The molecule has 2 rings (SSSR count). The van der Waals surface area contributed by atoms with Crippen molar-refractivity contribution in [2.24, 2.45) is 0 Å². The first-order valence-electron chi connectivity index (χ1n) is 6.03. The number of sulfonamides is 1. The van der Waals surface area contributed by atoms with E-state index in [0.717, 1.165) is 12.8 Å². The molecule has 7 heteroatoms. The highest BCUT2D eigenvalue weighted by Gasteiger charge is 2.28. The lowest BCUT2D eigenvalue weighted by Gasteiger charge is -2.20. The van der Waals surface area contributed by atoms with Crippen molar-refractivity contribution in [3.05, 3.63) is 24.0 Å². The fourth-order valence-electron chi connectivity index (χ4n) is 2.07. The summed E-state index contributed by atoms with van der Waals surface area (Å²) < 4.78 is 32.4. The summed E-state index contributed by atoms with van der Waals surface area (Å²) in [6.07, 6.45) is 3.05. The molecule has 1 aromatic heterocycles. The number of nitrogens with one attached hydrogen (secondary N) is 1. The van der Waals surface area contributed by atoms with Crippen LogP contribution in [-0.2, 0) is 14.8 Å². The zero-order valence-electron chi connectivity index (χ0n) is 10.5. The molecule has 2 atom stereocenters. The maximum atomic E-state index is 12.2. The lowest BCUT2D eigenvalue weighted by molar-refractivity contribution is 0.0902. The fourth-order valence-corrected chi connectivity index (χ4v) is 3.45. The van der Waals surface area contributed by atoms with Crippen LogP contribution >= 0.6 is 0 Å². The van der Waals surface area contributed by atoms with E-state index in [-0.39, 0.29) is 22.7 Å². The zero-order valence-corrected chi connectivity index (χ0v) is 11.4. The maximum Gasteiger partial charge on any atom is 0.243 e. The number of nitriles is 1. The smallest absolute Gasteiger partial charge is 0.243 e. The van der Waals surface area contributed by atoms with Gasteiger partial charge in [0, 0.05) is 18.8 Å². The van der Waals surface area contributed by atoms with Crippen LogP contribution in [0.25, 0.3) is 0 Å². The van der Waals surface area contributed by atoms with Gasteiger partial charge < -0.3 is 4.74 Å². The molecule has 102 valence electrons. The first-order valence-corrected chi connectivity index (χ1v) is 7.52. The van der Waals surface area contributed by atoms with Gasteiger partial charge in [0.25, 0.3) is 0 Å². The molecule has 0 saturated carbocycles. The molecule has 0 aliphatic carbocycles. The Labute approximate surface area is 112 Å². The summed E-state index contributed by atoms with van der Waals surface area (Å²) in [4.78, 5) is 3.66. The van der Waals surface area contributed by atoms with Gasteiger partial charge in [0.05, 0.1) is 6.10 Å². The van der Waals surface area contributed by atoms with Crippen LogP contribution in [0.1, 0.15) is 25.5 Å². The Hall–Kier alpha value is -1.49. The second-order valence-corrected chi connectivity index (χ2v) is 6.11. The maximum absolute atomic E-state index is 12.2. The summed E-state index contributed by atoms with van der Waals surface area (Å²) in [6, 6.07) is 4.31. The lowest BCUT2D eigenvalue weighted by Crippen LogP contribution is -2.41. The number of nitrogens with zero attached hydrogens (tertiary/aromatic N) is 2. The lowest BCUT2D eigenvalue weighted by atomic mass is 10.1. The van der Waals surface area contributed by atoms with E-state index < -0.39 is 10.0 Å². The quantitative estimate of drug-likeness (QED) is 0.881. The van der Waals surface area contributed by atoms with E-state index in [4.69, 9.17) is 10.00 Å². The van der Waals surface area contributed by atoms with Gasteiger partial charge in [-0.15, -0.1) is 0 Å². The molecular formula is C12H15N3O3S. The molecule has 19 heavy (non-hydrogen) atoms. The average Bonchev–Trinajstić information content (AvgIpc) is 2.92. The monoisotopic (exact) mass is 281 g/mol. The zero-order chi connectivity index (χ0) is 13.9. The van der Waals surface area contributed by atoms with Gasteiger partial charge in [0.1, 0.15) is 11.0 Å². The average molecular weight is 281 g/mol. The third-order valence-electron chi connectivity index (χ3n) is 3.03. The van der Waals surface area contributed by atoms with Crippen LogP contribution in [0.15, 0.2) is 23.2 Å². The number of hydrogen-bond donors (Lipinski definition) is 1. The van der Waals surface area contributed by atoms with Crippen molar-refractivity contribution in [1.82, 2.24) is 9.71 Å². The third-order valence-corrected chi connectivity index (χ3v) is 4.62. The molecule has 1 fully saturated rings. The van der Waals surface area contributed by atoms with Crippen molar-refractivity contribution < 1.29 is 13.2 Å². The first-order chi connectivity index (χ1) is 9.04. The summed E-state index contributed by atoms with van der Waals surface area (Å²) in [6.45, 7) is 2.42. The van der Waals surface area contributed by atoms with E-state index >= 15 is 0 Å². The molecule has 0 bridgehead atoms. The van der Waals surface area contributed by atoms with Gasteiger partial charge in [0.2, 0.25) is 10.0 Å². The number of aromatic nitrogens is 1. The Balaban J connectivity index is 2.20. The second-order valence-electron chi connectivity index (χ2n) is 4.42. The minimum absolute atomic E-state index is 0.0950. The summed E-state index contributed by atoms with van der Waals surface area (Å²) in [7, 11) is -3.75. The van der Waals surface area contributed by atoms with Gasteiger partial charge >= 0.3 is 0 Å². The van der Waals surface area contributed by atoms with Gasteiger partial charge in [-0.25, -0.2) is 18.1 Å². The fraction of sp³-hybridized carbons (Fsp3) is 0.500. The number of pyridine rings is 1. The van der Waals surface area contributed by atoms with Crippen LogP contribution in [0.2, 0.25) is 0 Å². The standard InChI is InChI=1S/C12H15N3O3S/c1-9(11-4-3-7-18-11)15-19(16,17)12-5-2-6-14-10(12)8-13/h2,5-6,9,11,15H,3-4,7H2,1H3. The molecule has 1 aliphatic rings. The molecule has 0 amide bonds. The number of rotatable bonds is 4. The predicted octanol–water partition coefficient (Wildman–Crippen LogP) is 0.799. The molecule has 1 aromatic rings. The second kappa shape index (κ2) is 5.65. The van der Waals surface area contributed by atoms with Crippen molar-refractivity contribution in [3.8, 4) is 6.07 Å². The third kappa shape index (κ3) is 3.10. The van der Waals surface area contributed by atoms with Crippen LogP contribution in [-0.4, -0.2) is 32.2 Å². The van der Waals surface area contributed by atoms with Crippen LogP contribution in [0, 0.1) is 11.3 Å². The van der Waals surface area contributed by atoms with Gasteiger partial charge in [-0.3, -0.25) is 0 Å². The molecule has 6 nitrogen and oxygen atoms in total. The molecule has 1 saturated heterocycles. The first kappa shape index (κ1) is 13.9. The van der Waals surface area contributed by atoms with E-state index in [2.05, 4.69) is 9.71 Å². The molecule has 2 heterocycles. The molecule has 2 unspecified atom stereocenters. The number of ether oxygens (including phenoxy) is 1. The molecule has 0 spiro atoms. The summed E-state index contributed by atoms with van der Waals surface area (Å²) >= 11 is 0. The molecule has 1 N–H and O–H groups in total. The van der Waals surface area contributed by atoms with Crippen molar-refractivity contribution in [2.45, 2.75) is 36.8 Å². The van der Waals surface area contributed by atoms with Crippen LogP contribution in [0.3, 0.4) is 0 Å². The van der Waals surface area contributed by atoms with Gasteiger partial charge in [-0.1, -0.05) is 0 Å². The van der Waals surface area contributed by atoms with Crippen LogP contribution in [0.4, 0.5) is 0 Å². The summed E-state index contributed by atoms with van der Waals surface area (Å²) in [5.74, 6) is 0. The topological polar surface area (TPSA) is 92.1 Å². The predicted molar refractivity (Wildman–Crippen MR) is 67.7 cm³/mol. The highest BCUT2D eigenvalue weighted by atomic mass is 32.2. The van der Waals surface area contributed by atoms with E-state index in [0.29, 0.717) is 6.61 Å². The highest BCUT2D eigenvalue weighted by Crippen LogP contribution is 2.18. The molecule has 0 radical (unpaired) electrons. The minimum atomic E-state index is -3.75. The minimum Gasteiger partial charge on any atom is -0.377 e. The SMILES string of the molecule is CC(NS(=O)(=O)c1cccnc1C#N)C1CCCO1. The summed E-state index contributed by atoms with van der Waals surface area (Å²) in [5.41, 5.74) is -0.102. The molecule has 0 aromatic carbocycles. The molecule has 1 aliphatic heterocycles. The Morgan fingerprint density at radius 2 is 2.42 bits per heavy atom. The Bertz CT molecular complexity index is 588. The summed E-state index contributed by atoms with van der Waals surface area (Å²) in [5, 5.41) is 8.90. The van der Waals surface area contributed by atoms with Crippen molar-refractivity contribution in [2.75, 3.05) is 6.61 Å². The van der Waals surface area contributed by atoms with Gasteiger partial charge in [-0.05, 0) is 31.9 Å².